The van der Waals surface area contributed by atoms with Crippen LogP contribution in [0.2, 0.25) is 0 Å². The summed E-state index contributed by atoms with van der Waals surface area (Å²) in [6.07, 6.45) is 3.21. The standard InChI is InChI=1S/C14H16BrFO2/c1-2-3-4-5-11(17)9-14(18)12-7-6-10(16)8-13(12)15/h6-8H,2-5,9H2,1H3. The lowest BCUT2D eigenvalue weighted by molar-refractivity contribution is -0.118. The van der Waals surface area contributed by atoms with Gasteiger partial charge in [0.1, 0.15) is 11.6 Å². The van der Waals surface area contributed by atoms with Crippen molar-refractivity contribution in [3.63, 3.8) is 0 Å². The Morgan fingerprint density at radius 2 is 2.00 bits per heavy atom. The van der Waals surface area contributed by atoms with Crippen molar-refractivity contribution in [2.45, 2.75) is 39.0 Å². The molecule has 0 atom stereocenters. The number of rotatable bonds is 7. The Labute approximate surface area is 115 Å². The molecule has 0 aliphatic rings. The largest absolute Gasteiger partial charge is 0.299 e. The van der Waals surface area contributed by atoms with E-state index in [0.29, 0.717) is 16.5 Å². The summed E-state index contributed by atoms with van der Waals surface area (Å²) in [6, 6.07) is 3.86. The highest BCUT2D eigenvalue weighted by molar-refractivity contribution is 9.10. The topological polar surface area (TPSA) is 34.1 Å². The summed E-state index contributed by atoms with van der Waals surface area (Å²) in [4.78, 5) is 23.4. The van der Waals surface area contributed by atoms with Crippen LogP contribution in [0.4, 0.5) is 4.39 Å². The van der Waals surface area contributed by atoms with Crippen molar-refractivity contribution >= 4 is 27.5 Å². The second-order valence-corrected chi connectivity index (χ2v) is 5.07. The lowest BCUT2D eigenvalue weighted by Gasteiger charge is -2.03. The Hall–Kier alpha value is -1.03. The summed E-state index contributed by atoms with van der Waals surface area (Å²) in [5.41, 5.74) is 0.361. The molecule has 0 amide bonds. The first-order valence-electron chi connectivity index (χ1n) is 6.04. The molecule has 2 nitrogen and oxygen atoms in total. The maximum absolute atomic E-state index is 12.9. The first kappa shape index (κ1) is 15.0. The van der Waals surface area contributed by atoms with Gasteiger partial charge in [0.05, 0.1) is 6.42 Å². The van der Waals surface area contributed by atoms with Crippen molar-refractivity contribution in [1.29, 1.82) is 0 Å². The number of hydrogen-bond acceptors (Lipinski definition) is 2. The van der Waals surface area contributed by atoms with Gasteiger partial charge in [-0.2, -0.15) is 0 Å². The van der Waals surface area contributed by atoms with E-state index >= 15 is 0 Å². The number of ketones is 2. The van der Waals surface area contributed by atoms with E-state index in [-0.39, 0.29) is 18.0 Å². The molecule has 18 heavy (non-hydrogen) atoms. The molecule has 1 aromatic rings. The number of Topliss-reactive ketones (excluding diaryl/α,β-unsaturated/α-hetero) is 2. The molecule has 0 fully saturated rings. The fourth-order valence-corrected chi connectivity index (χ4v) is 2.22. The molecule has 0 saturated carbocycles. The van der Waals surface area contributed by atoms with Crippen LogP contribution < -0.4 is 0 Å². The smallest absolute Gasteiger partial charge is 0.171 e. The SMILES string of the molecule is CCCCCC(=O)CC(=O)c1ccc(F)cc1Br. The molecule has 0 saturated heterocycles. The van der Waals surface area contributed by atoms with Gasteiger partial charge >= 0.3 is 0 Å². The van der Waals surface area contributed by atoms with Crippen LogP contribution in [-0.2, 0) is 4.79 Å². The van der Waals surface area contributed by atoms with Gasteiger partial charge in [-0.3, -0.25) is 9.59 Å². The second kappa shape index (κ2) is 7.41. The monoisotopic (exact) mass is 314 g/mol. The van der Waals surface area contributed by atoms with Gasteiger partial charge in [-0.15, -0.1) is 0 Å². The van der Waals surface area contributed by atoms with E-state index in [1.807, 2.05) is 0 Å². The summed E-state index contributed by atoms with van der Waals surface area (Å²) >= 11 is 3.13. The molecule has 0 N–H and O–H groups in total. The van der Waals surface area contributed by atoms with E-state index in [0.717, 1.165) is 19.3 Å². The van der Waals surface area contributed by atoms with E-state index in [9.17, 15) is 14.0 Å². The Bertz CT molecular complexity index is 443. The lowest BCUT2D eigenvalue weighted by Crippen LogP contribution is -2.08. The normalized spacial score (nSPS) is 10.4. The maximum Gasteiger partial charge on any atom is 0.171 e. The van der Waals surface area contributed by atoms with Crippen LogP contribution in [0.5, 0.6) is 0 Å². The van der Waals surface area contributed by atoms with Crippen molar-refractivity contribution in [2.24, 2.45) is 0 Å². The third-order valence-corrected chi connectivity index (χ3v) is 3.30. The molecule has 0 aliphatic heterocycles. The van der Waals surface area contributed by atoms with Gasteiger partial charge in [0, 0.05) is 16.5 Å². The predicted octanol–water partition coefficient (Wildman–Crippen LogP) is 4.31. The average Bonchev–Trinajstić information content (AvgIpc) is 2.28. The molecule has 0 unspecified atom stereocenters. The highest BCUT2D eigenvalue weighted by Crippen LogP contribution is 2.20. The lowest BCUT2D eigenvalue weighted by atomic mass is 10.0. The number of hydrogen-bond donors (Lipinski definition) is 0. The highest BCUT2D eigenvalue weighted by Gasteiger charge is 2.14. The van der Waals surface area contributed by atoms with Crippen LogP contribution >= 0.6 is 15.9 Å². The number of benzene rings is 1. The van der Waals surface area contributed by atoms with Gasteiger partial charge in [0.15, 0.2) is 5.78 Å². The van der Waals surface area contributed by atoms with Crippen LogP contribution in [0.1, 0.15) is 49.4 Å². The van der Waals surface area contributed by atoms with Gasteiger partial charge in [0.2, 0.25) is 0 Å². The van der Waals surface area contributed by atoms with E-state index in [4.69, 9.17) is 0 Å². The summed E-state index contributed by atoms with van der Waals surface area (Å²) in [5, 5.41) is 0. The molecular formula is C14H16BrFO2. The van der Waals surface area contributed by atoms with Crippen LogP contribution in [-0.4, -0.2) is 11.6 Å². The van der Waals surface area contributed by atoms with Crippen molar-refractivity contribution in [3.8, 4) is 0 Å². The van der Waals surface area contributed by atoms with Crippen molar-refractivity contribution in [1.82, 2.24) is 0 Å². The third-order valence-electron chi connectivity index (χ3n) is 2.65. The maximum atomic E-state index is 12.9. The first-order valence-corrected chi connectivity index (χ1v) is 6.84. The second-order valence-electron chi connectivity index (χ2n) is 4.22. The van der Waals surface area contributed by atoms with Gasteiger partial charge in [0.25, 0.3) is 0 Å². The van der Waals surface area contributed by atoms with Gasteiger partial charge in [-0.25, -0.2) is 4.39 Å². The zero-order chi connectivity index (χ0) is 13.5. The Balaban J connectivity index is 2.57. The minimum atomic E-state index is -0.410. The fourth-order valence-electron chi connectivity index (χ4n) is 1.65. The molecule has 0 bridgehead atoms. The van der Waals surface area contributed by atoms with E-state index < -0.39 is 5.82 Å². The molecule has 98 valence electrons. The number of halogens is 2. The summed E-state index contributed by atoms with van der Waals surface area (Å²) in [6.45, 7) is 2.06. The molecule has 1 rings (SSSR count). The molecule has 0 aliphatic carbocycles. The van der Waals surface area contributed by atoms with Crippen molar-refractivity contribution < 1.29 is 14.0 Å². The van der Waals surface area contributed by atoms with Crippen LogP contribution in [0.25, 0.3) is 0 Å². The molecule has 0 heterocycles. The summed E-state index contributed by atoms with van der Waals surface area (Å²) in [5.74, 6) is -0.722. The predicted molar refractivity (Wildman–Crippen MR) is 72.2 cm³/mol. The Kier molecular flexibility index (Phi) is 6.19. The fraction of sp³-hybridized carbons (Fsp3) is 0.429. The number of carbonyl (C=O) groups is 2. The molecule has 0 radical (unpaired) electrons. The minimum Gasteiger partial charge on any atom is -0.299 e. The molecular weight excluding hydrogens is 299 g/mol. The van der Waals surface area contributed by atoms with Crippen LogP contribution in [0.3, 0.4) is 0 Å². The van der Waals surface area contributed by atoms with Gasteiger partial charge in [-0.05, 0) is 40.5 Å². The van der Waals surface area contributed by atoms with Crippen molar-refractivity contribution in [2.75, 3.05) is 0 Å². The first-order chi connectivity index (χ1) is 8.54. The highest BCUT2D eigenvalue weighted by atomic mass is 79.9. The molecule has 4 heteroatoms. The van der Waals surface area contributed by atoms with E-state index in [1.54, 1.807) is 0 Å². The van der Waals surface area contributed by atoms with Crippen LogP contribution in [0, 0.1) is 5.82 Å². The zero-order valence-electron chi connectivity index (χ0n) is 10.3. The Morgan fingerprint density at radius 1 is 1.28 bits per heavy atom. The van der Waals surface area contributed by atoms with Crippen molar-refractivity contribution in [3.05, 3.63) is 34.1 Å². The minimum absolute atomic E-state index is 0.0512. The van der Waals surface area contributed by atoms with Crippen LogP contribution in [0.15, 0.2) is 22.7 Å². The third kappa shape index (κ3) is 4.69. The molecule has 1 aromatic carbocycles. The molecule has 0 spiro atoms. The van der Waals surface area contributed by atoms with Gasteiger partial charge in [-0.1, -0.05) is 19.8 Å². The summed E-state index contributed by atoms with van der Waals surface area (Å²) < 4.78 is 13.3. The number of unbranched alkanes of at least 4 members (excludes halogenated alkanes) is 2. The Morgan fingerprint density at radius 3 is 2.61 bits per heavy atom. The summed E-state index contributed by atoms with van der Waals surface area (Å²) in [7, 11) is 0. The van der Waals surface area contributed by atoms with Gasteiger partial charge < -0.3 is 0 Å². The average molecular weight is 315 g/mol. The number of carbonyl (C=O) groups excluding carboxylic acids is 2. The van der Waals surface area contributed by atoms with E-state index in [2.05, 4.69) is 22.9 Å². The van der Waals surface area contributed by atoms with E-state index in [1.165, 1.54) is 18.2 Å². The quantitative estimate of drug-likeness (QED) is 0.427. The molecule has 0 aromatic heterocycles. The zero-order valence-corrected chi connectivity index (χ0v) is 11.9.